The zero-order chi connectivity index (χ0) is 13.8. The minimum atomic E-state index is 0.350. The van der Waals surface area contributed by atoms with Crippen molar-refractivity contribution in [2.75, 3.05) is 6.54 Å². The average molecular weight is 247 g/mol. The molecule has 0 heterocycles. The van der Waals surface area contributed by atoms with Gasteiger partial charge in [0.15, 0.2) is 0 Å². The van der Waals surface area contributed by atoms with E-state index in [9.17, 15) is 0 Å². The van der Waals surface area contributed by atoms with Gasteiger partial charge in [-0.25, -0.2) is 0 Å². The molecule has 1 aromatic rings. The van der Waals surface area contributed by atoms with E-state index in [2.05, 4.69) is 65.1 Å². The van der Waals surface area contributed by atoms with Crippen LogP contribution in [0.2, 0.25) is 0 Å². The summed E-state index contributed by atoms with van der Waals surface area (Å²) in [4.78, 5) is 0. The van der Waals surface area contributed by atoms with Crippen molar-refractivity contribution < 1.29 is 0 Å². The first-order valence-electron chi connectivity index (χ1n) is 7.13. The SMILES string of the molecule is CCNC(C)CC(C)(C)Cc1ccc(C)c(C)c1. The van der Waals surface area contributed by atoms with Crippen molar-refractivity contribution in [1.29, 1.82) is 0 Å². The third-order valence-electron chi connectivity index (χ3n) is 3.67. The summed E-state index contributed by atoms with van der Waals surface area (Å²) in [6, 6.07) is 7.46. The summed E-state index contributed by atoms with van der Waals surface area (Å²) < 4.78 is 0. The highest BCUT2D eigenvalue weighted by Crippen LogP contribution is 2.28. The number of rotatable bonds is 6. The van der Waals surface area contributed by atoms with Crippen LogP contribution in [0.1, 0.15) is 50.8 Å². The molecular formula is C17H29N. The van der Waals surface area contributed by atoms with Gasteiger partial charge >= 0.3 is 0 Å². The Balaban J connectivity index is 2.66. The van der Waals surface area contributed by atoms with E-state index in [1.165, 1.54) is 23.1 Å². The van der Waals surface area contributed by atoms with Gasteiger partial charge < -0.3 is 5.32 Å². The lowest BCUT2D eigenvalue weighted by Gasteiger charge is -2.29. The van der Waals surface area contributed by atoms with Gasteiger partial charge in [-0.2, -0.15) is 0 Å². The third kappa shape index (κ3) is 4.81. The molecule has 0 bridgehead atoms. The molecule has 1 aromatic carbocycles. The Morgan fingerprint density at radius 3 is 2.39 bits per heavy atom. The van der Waals surface area contributed by atoms with E-state index < -0.39 is 0 Å². The maximum atomic E-state index is 3.51. The maximum absolute atomic E-state index is 3.51. The average Bonchev–Trinajstić information content (AvgIpc) is 2.22. The van der Waals surface area contributed by atoms with Crippen LogP contribution in [0.3, 0.4) is 0 Å². The molecule has 1 unspecified atom stereocenters. The summed E-state index contributed by atoms with van der Waals surface area (Å²) in [6.45, 7) is 14.6. The van der Waals surface area contributed by atoms with Crippen LogP contribution < -0.4 is 5.32 Å². The number of benzene rings is 1. The monoisotopic (exact) mass is 247 g/mol. The van der Waals surface area contributed by atoms with Gasteiger partial charge in [-0.05, 0) is 62.3 Å². The maximum Gasteiger partial charge on any atom is 0.00438 e. The molecule has 1 N–H and O–H groups in total. The predicted molar refractivity (Wildman–Crippen MR) is 81.2 cm³/mol. The minimum absolute atomic E-state index is 0.350. The van der Waals surface area contributed by atoms with Crippen LogP contribution in [0.25, 0.3) is 0 Å². The van der Waals surface area contributed by atoms with Crippen molar-refractivity contribution in [3.63, 3.8) is 0 Å². The second-order valence-electron chi connectivity index (χ2n) is 6.42. The largest absolute Gasteiger partial charge is 0.315 e. The summed E-state index contributed by atoms with van der Waals surface area (Å²) in [6.07, 6.45) is 2.37. The number of nitrogens with one attached hydrogen (secondary N) is 1. The predicted octanol–water partition coefficient (Wildman–Crippen LogP) is 4.26. The molecule has 102 valence electrons. The number of hydrogen-bond acceptors (Lipinski definition) is 1. The van der Waals surface area contributed by atoms with E-state index in [0.717, 1.165) is 13.0 Å². The van der Waals surface area contributed by atoms with Gasteiger partial charge in [-0.15, -0.1) is 0 Å². The quantitative estimate of drug-likeness (QED) is 0.792. The molecule has 0 aliphatic carbocycles. The molecular weight excluding hydrogens is 218 g/mol. The molecule has 1 nitrogen and oxygen atoms in total. The number of hydrogen-bond donors (Lipinski definition) is 1. The summed E-state index contributed by atoms with van der Waals surface area (Å²) in [5.41, 5.74) is 4.61. The number of aryl methyl sites for hydroxylation is 2. The van der Waals surface area contributed by atoms with Crippen LogP contribution in [-0.2, 0) is 6.42 Å². The van der Waals surface area contributed by atoms with E-state index in [1.807, 2.05) is 0 Å². The second-order valence-corrected chi connectivity index (χ2v) is 6.42. The molecule has 0 radical (unpaired) electrons. The van der Waals surface area contributed by atoms with Gasteiger partial charge in [-0.1, -0.05) is 39.0 Å². The van der Waals surface area contributed by atoms with Crippen LogP contribution in [-0.4, -0.2) is 12.6 Å². The van der Waals surface area contributed by atoms with Gasteiger partial charge in [-0.3, -0.25) is 0 Å². The lowest BCUT2D eigenvalue weighted by Crippen LogP contribution is -2.32. The normalized spacial score (nSPS) is 13.7. The molecule has 0 spiro atoms. The Morgan fingerprint density at radius 1 is 1.17 bits per heavy atom. The molecule has 0 saturated carbocycles. The highest BCUT2D eigenvalue weighted by Gasteiger charge is 2.21. The van der Waals surface area contributed by atoms with E-state index in [1.54, 1.807) is 0 Å². The molecule has 1 atom stereocenters. The zero-order valence-corrected chi connectivity index (χ0v) is 12.9. The van der Waals surface area contributed by atoms with E-state index in [0.29, 0.717) is 11.5 Å². The first-order valence-corrected chi connectivity index (χ1v) is 7.13. The van der Waals surface area contributed by atoms with E-state index >= 15 is 0 Å². The van der Waals surface area contributed by atoms with E-state index in [-0.39, 0.29) is 0 Å². The highest BCUT2D eigenvalue weighted by molar-refractivity contribution is 5.30. The van der Waals surface area contributed by atoms with Gasteiger partial charge in [0.1, 0.15) is 0 Å². The lowest BCUT2D eigenvalue weighted by atomic mass is 9.80. The summed E-state index contributed by atoms with van der Waals surface area (Å²) in [5.74, 6) is 0. The van der Waals surface area contributed by atoms with Gasteiger partial charge in [0.25, 0.3) is 0 Å². The fourth-order valence-corrected chi connectivity index (χ4v) is 2.79. The van der Waals surface area contributed by atoms with Crippen LogP contribution in [0.5, 0.6) is 0 Å². The molecule has 0 aromatic heterocycles. The Hall–Kier alpha value is -0.820. The van der Waals surface area contributed by atoms with E-state index in [4.69, 9.17) is 0 Å². The first kappa shape index (κ1) is 15.2. The first-order chi connectivity index (χ1) is 8.34. The lowest BCUT2D eigenvalue weighted by molar-refractivity contribution is 0.289. The molecule has 1 heteroatoms. The van der Waals surface area contributed by atoms with Crippen LogP contribution >= 0.6 is 0 Å². The smallest absolute Gasteiger partial charge is 0.00438 e. The molecule has 0 fully saturated rings. The minimum Gasteiger partial charge on any atom is -0.315 e. The Labute approximate surface area is 113 Å². The van der Waals surface area contributed by atoms with Crippen molar-refractivity contribution in [2.24, 2.45) is 5.41 Å². The highest BCUT2D eigenvalue weighted by atomic mass is 14.9. The Morgan fingerprint density at radius 2 is 1.83 bits per heavy atom. The van der Waals surface area contributed by atoms with Crippen LogP contribution in [0.4, 0.5) is 0 Å². The molecule has 0 saturated heterocycles. The molecule has 0 amide bonds. The third-order valence-corrected chi connectivity index (χ3v) is 3.67. The van der Waals surface area contributed by atoms with Crippen molar-refractivity contribution >= 4 is 0 Å². The summed E-state index contributed by atoms with van der Waals surface area (Å²) in [7, 11) is 0. The van der Waals surface area contributed by atoms with Crippen molar-refractivity contribution in [3.05, 3.63) is 34.9 Å². The molecule has 1 rings (SSSR count). The van der Waals surface area contributed by atoms with Crippen molar-refractivity contribution in [3.8, 4) is 0 Å². The summed E-state index contributed by atoms with van der Waals surface area (Å²) in [5, 5.41) is 3.51. The van der Waals surface area contributed by atoms with Gasteiger partial charge in [0, 0.05) is 6.04 Å². The Kier molecular flexibility index (Phi) is 5.40. The fraction of sp³-hybridized carbons (Fsp3) is 0.647. The Bertz CT molecular complexity index is 379. The van der Waals surface area contributed by atoms with Crippen molar-refractivity contribution in [1.82, 2.24) is 5.32 Å². The van der Waals surface area contributed by atoms with Crippen molar-refractivity contribution in [2.45, 2.75) is 60.4 Å². The van der Waals surface area contributed by atoms with Crippen LogP contribution in [0.15, 0.2) is 18.2 Å². The van der Waals surface area contributed by atoms with Crippen LogP contribution in [0, 0.1) is 19.3 Å². The summed E-state index contributed by atoms with van der Waals surface area (Å²) >= 11 is 0. The van der Waals surface area contributed by atoms with Gasteiger partial charge in [0.05, 0.1) is 0 Å². The molecule has 0 aliphatic rings. The topological polar surface area (TPSA) is 12.0 Å². The molecule has 18 heavy (non-hydrogen) atoms. The molecule has 0 aliphatic heterocycles. The zero-order valence-electron chi connectivity index (χ0n) is 12.9. The standard InChI is InChI=1S/C17H29N/c1-7-18-15(4)11-17(5,6)12-16-9-8-13(2)14(3)10-16/h8-10,15,18H,7,11-12H2,1-6H3. The van der Waals surface area contributed by atoms with Gasteiger partial charge in [0.2, 0.25) is 0 Å². The second kappa shape index (κ2) is 6.38. The fourth-order valence-electron chi connectivity index (χ4n) is 2.79.